The van der Waals surface area contributed by atoms with E-state index in [4.69, 9.17) is 4.74 Å². The maximum atomic E-state index is 12.2. The maximum Gasteiger partial charge on any atom is 0.318 e. The molecule has 0 bridgehead atoms. The molecule has 0 fully saturated rings. The lowest BCUT2D eigenvalue weighted by atomic mass is 9.97. The van der Waals surface area contributed by atoms with E-state index in [9.17, 15) is 9.59 Å². The molecular weight excluding hydrogens is 288 g/mol. The second kappa shape index (κ2) is 7.73. The molecule has 0 aromatic heterocycles. The van der Waals surface area contributed by atoms with Crippen LogP contribution in [0.1, 0.15) is 48.2 Å². The standard InChI is InChI=1S/C20H22O3/c1-14(2)12-16-4-8-18(9-5-16)15(3)20(22)23-19-10-6-17(13-21)7-11-19/h4-11,13-15H,12H2,1-3H3. The largest absolute Gasteiger partial charge is 0.426 e. The zero-order chi connectivity index (χ0) is 16.8. The van der Waals surface area contributed by atoms with Crippen molar-refractivity contribution < 1.29 is 14.3 Å². The highest BCUT2D eigenvalue weighted by molar-refractivity contribution is 5.80. The highest BCUT2D eigenvalue weighted by atomic mass is 16.5. The first kappa shape index (κ1) is 16.9. The van der Waals surface area contributed by atoms with Crippen molar-refractivity contribution >= 4 is 12.3 Å². The van der Waals surface area contributed by atoms with E-state index in [-0.39, 0.29) is 11.9 Å². The Morgan fingerprint density at radius 1 is 1.00 bits per heavy atom. The molecule has 0 saturated heterocycles. The molecule has 3 heteroatoms. The van der Waals surface area contributed by atoms with Gasteiger partial charge < -0.3 is 4.74 Å². The Bertz CT molecular complexity index is 654. The number of ether oxygens (including phenoxy) is 1. The number of carbonyl (C=O) groups is 2. The Morgan fingerprint density at radius 2 is 1.61 bits per heavy atom. The second-order valence-corrected chi connectivity index (χ2v) is 6.17. The normalized spacial score (nSPS) is 12.0. The quantitative estimate of drug-likeness (QED) is 0.451. The first-order valence-electron chi connectivity index (χ1n) is 7.85. The van der Waals surface area contributed by atoms with Gasteiger partial charge in [0.15, 0.2) is 0 Å². The number of hydrogen-bond donors (Lipinski definition) is 0. The summed E-state index contributed by atoms with van der Waals surface area (Å²) in [4.78, 5) is 22.9. The van der Waals surface area contributed by atoms with E-state index in [1.807, 2.05) is 19.1 Å². The number of carbonyl (C=O) groups excluding carboxylic acids is 2. The van der Waals surface area contributed by atoms with E-state index < -0.39 is 0 Å². The maximum absolute atomic E-state index is 12.2. The van der Waals surface area contributed by atoms with Crippen LogP contribution in [0.25, 0.3) is 0 Å². The van der Waals surface area contributed by atoms with Gasteiger partial charge in [0.1, 0.15) is 12.0 Å². The van der Waals surface area contributed by atoms with Crippen molar-refractivity contribution in [1.82, 2.24) is 0 Å². The van der Waals surface area contributed by atoms with Gasteiger partial charge in [-0.2, -0.15) is 0 Å². The number of esters is 1. The lowest BCUT2D eigenvalue weighted by Crippen LogP contribution is -2.16. The van der Waals surface area contributed by atoms with Crippen molar-refractivity contribution in [3.8, 4) is 5.75 Å². The predicted molar refractivity (Wildman–Crippen MR) is 90.9 cm³/mol. The van der Waals surface area contributed by atoms with Crippen molar-refractivity contribution in [2.24, 2.45) is 5.92 Å². The molecule has 0 N–H and O–H groups in total. The summed E-state index contributed by atoms with van der Waals surface area (Å²) in [6, 6.07) is 14.6. The van der Waals surface area contributed by atoms with Gasteiger partial charge in [0.05, 0.1) is 5.92 Å². The molecule has 120 valence electrons. The molecule has 0 heterocycles. The van der Waals surface area contributed by atoms with E-state index in [1.165, 1.54) is 5.56 Å². The fraction of sp³-hybridized carbons (Fsp3) is 0.300. The molecule has 0 radical (unpaired) electrons. The molecule has 0 saturated carbocycles. The van der Waals surface area contributed by atoms with Crippen LogP contribution >= 0.6 is 0 Å². The van der Waals surface area contributed by atoms with Gasteiger partial charge in [-0.25, -0.2) is 0 Å². The van der Waals surface area contributed by atoms with E-state index in [1.54, 1.807) is 24.3 Å². The Labute approximate surface area is 137 Å². The number of hydrogen-bond acceptors (Lipinski definition) is 3. The zero-order valence-electron chi connectivity index (χ0n) is 13.8. The third kappa shape index (κ3) is 4.78. The number of aldehydes is 1. The van der Waals surface area contributed by atoms with Crippen molar-refractivity contribution in [2.75, 3.05) is 0 Å². The molecule has 3 nitrogen and oxygen atoms in total. The third-order valence-corrected chi connectivity index (χ3v) is 3.71. The molecular formula is C20H22O3. The van der Waals surface area contributed by atoms with Crippen LogP contribution in [0.4, 0.5) is 0 Å². The summed E-state index contributed by atoms with van der Waals surface area (Å²) in [5.41, 5.74) is 2.76. The Hall–Kier alpha value is -2.42. The fourth-order valence-electron chi connectivity index (χ4n) is 2.37. The van der Waals surface area contributed by atoms with Gasteiger partial charge in [-0.05, 0) is 54.7 Å². The van der Waals surface area contributed by atoms with Crippen LogP contribution in [0.3, 0.4) is 0 Å². The van der Waals surface area contributed by atoms with Crippen molar-refractivity contribution in [3.63, 3.8) is 0 Å². The molecule has 2 aromatic carbocycles. The minimum absolute atomic E-state index is 0.305. The van der Waals surface area contributed by atoms with Crippen LogP contribution in [0, 0.1) is 5.92 Å². The van der Waals surface area contributed by atoms with Crippen LogP contribution in [0.15, 0.2) is 48.5 Å². The van der Waals surface area contributed by atoms with Crippen LogP contribution in [0.2, 0.25) is 0 Å². The monoisotopic (exact) mass is 310 g/mol. The van der Waals surface area contributed by atoms with Crippen LogP contribution in [0.5, 0.6) is 5.75 Å². The third-order valence-electron chi connectivity index (χ3n) is 3.71. The first-order chi connectivity index (χ1) is 11.0. The van der Waals surface area contributed by atoms with E-state index >= 15 is 0 Å². The van der Waals surface area contributed by atoms with Gasteiger partial charge >= 0.3 is 5.97 Å². The van der Waals surface area contributed by atoms with E-state index in [0.29, 0.717) is 17.2 Å². The summed E-state index contributed by atoms with van der Waals surface area (Å²) < 4.78 is 5.37. The molecule has 0 aliphatic rings. The summed E-state index contributed by atoms with van der Waals surface area (Å²) >= 11 is 0. The van der Waals surface area contributed by atoms with Crippen LogP contribution < -0.4 is 4.74 Å². The smallest absolute Gasteiger partial charge is 0.318 e. The van der Waals surface area contributed by atoms with Gasteiger partial charge in [-0.15, -0.1) is 0 Å². The summed E-state index contributed by atoms with van der Waals surface area (Å²) in [6.07, 6.45) is 1.79. The number of benzene rings is 2. The zero-order valence-corrected chi connectivity index (χ0v) is 13.8. The average Bonchev–Trinajstić information content (AvgIpc) is 2.55. The average molecular weight is 310 g/mol. The SMILES string of the molecule is CC(C)Cc1ccc(C(C)C(=O)Oc2ccc(C=O)cc2)cc1. The molecule has 2 aromatic rings. The summed E-state index contributed by atoms with van der Waals surface area (Å²) in [6.45, 7) is 6.20. The van der Waals surface area contributed by atoms with Crippen molar-refractivity contribution in [3.05, 3.63) is 65.2 Å². The van der Waals surface area contributed by atoms with Gasteiger partial charge in [-0.3, -0.25) is 9.59 Å². The molecule has 23 heavy (non-hydrogen) atoms. The van der Waals surface area contributed by atoms with Crippen LogP contribution in [-0.2, 0) is 11.2 Å². The lowest BCUT2D eigenvalue weighted by Gasteiger charge is -2.13. The molecule has 2 rings (SSSR count). The molecule has 0 amide bonds. The number of rotatable bonds is 6. The minimum Gasteiger partial charge on any atom is -0.426 e. The molecule has 0 aliphatic heterocycles. The summed E-state index contributed by atoms with van der Waals surface area (Å²) in [7, 11) is 0. The highest BCUT2D eigenvalue weighted by Gasteiger charge is 2.17. The molecule has 1 unspecified atom stereocenters. The second-order valence-electron chi connectivity index (χ2n) is 6.17. The van der Waals surface area contributed by atoms with Gasteiger partial charge in [0, 0.05) is 5.56 Å². The van der Waals surface area contributed by atoms with Gasteiger partial charge in [-0.1, -0.05) is 38.1 Å². The fourth-order valence-corrected chi connectivity index (χ4v) is 2.37. The Morgan fingerprint density at radius 3 is 2.13 bits per heavy atom. The van der Waals surface area contributed by atoms with Crippen molar-refractivity contribution in [2.45, 2.75) is 33.1 Å². The van der Waals surface area contributed by atoms with Gasteiger partial charge in [0.2, 0.25) is 0 Å². The van der Waals surface area contributed by atoms with Gasteiger partial charge in [0.25, 0.3) is 0 Å². The summed E-state index contributed by atoms with van der Waals surface area (Å²) in [5, 5.41) is 0. The molecule has 0 spiro atoms. The molecule has 0 aliphatic carbocycles. The van der Waals surface area contributed by atoms with E-state index in [0.717, 1.165) is 18.3 Å². The highest BCUT2D eigenvalue weighted by Crippen LogP contribution is 2.21. The Kier molecular flexibility index (Phi) is 5.69. The minimum atomic E-state index is -0.339. The first-order valence-corrected chi connectivity index (χ1v) is 7.85. The topological polar surface area (TPSA) is 43.4 Å². The van der Waals surface area contributed by atoms with E-state index in [2.05, 4.69) is 26.0 Å². The Balaban J connectivity index is 2.02. The van der Waals surface area contributed by atoms with Crippen LogP contribution in [-0.4, -0.2) is 12.3 Å². The van der Waals surface area contributed by atoms with Crippen molar-refractivity contribution in [1.29, 1.82) is 0 Å². The summed E-state index contributed by atoms with van der Waals surface area (Å²) in [5.74, 6) is 0.413. The molecule has 1 atom stereocenters. The lowest BCUT2D eigenvalue weighted by molar-refractivity contribution is -0.135. The predicted octanol–water partition coefficient (Wildman–Crippen LogP) is 4.41.